The minimum Gasteiger partial charge on any atom is -0.367 e. The molecule has 0 N–H and O–H groups in total. The van der Waals surface area contributed by atoms with Crippen molar-refractivity contribution in [2.24, 2.45) is 0 Å². The lowest BCUT2D eigenvalue weighted by atomic mass is 9.99. The number of benzene rings is 3. The molecule has 0 spiro atoms. The first kappa shape index (κ1) is 28.9. The molecule has 204 valence electrons. The zero-order valence-electron chi connectivity index (χ0n) is 20.6. The van der Waals surface area contributed by atoms with Gasteiger partial charge in [-0.2, -0.15) is 17.5 Å². The van der Waals surface area contributed by atoms with E-state index in [4.69, 9.17) is 27.9 Å². The lowest BCUT2D eigenvalue weighted by Crippen LogP contribution is -2.49. The number of halogens is 5. The molecular weight excluding hydrogens is 560 g/mol. The third-order valence-electron chi connectivity index (χ3n) is 6.47. The average Bonchev–Trinajstić information content (AvgIpc) is 2.89. The van der Waals surface area contributed by atoms with Gasteiger partial charge in [0.05, 0.1) is 17.2 Å². The van der Waals surface area contributed by atoms with Crippen molar-refractivity contribution in [3.63, 3.8) is 0 Å². The summed E-state index contributed by atoms with van der Waals surface area (Å²) in [6, 6.07) is 17.2. The topological polar surface area (TPSA) is 49.9 Å². The summed E-state index contributed by atoms with van der Waals surface area (Å²) in [7, 11) is -3.78. The zero-order chi connectivity index (χ0) is 27.5. The first-order valence-electron chi connectivity index (χ1n) is 12.0. The van der Waals surface area contributed by atoms with Crippen molar-refractivity contribution in [1.29, 1.82) is 0 Å². The Kier molecular flexibility index (Phi) is 9.07. The van der Waals surface area contributed by atoms with Crippen LogP contribution in [0.4, 0.5) is 13.2 Å². The monoisotopic (exact) mass is 586 g/mol. The van der Waals surface area contributed by atoms with E-state index in [1.165, 1.54) is 22.5 Å². The molecule has 0 amide bonds. The normalized spacial score (nSPS) is 16.5. The Morgan fingerprint density at radius 1 is 0.895 bits per heavy atom. The van der Waals surface area contributed by atoms with Crippen molar-refractivity contribution in [3.05, 3.63) is 99.0 Å². The van der Waals surface area contributed by atoms with Crippen LogP contribution in [0, 0.1) is 6.92 Å². The van der Waals surface area contributed by atoms with Crippen LogP contribution in [0.15, 0.2) is 71.6 Å². The van der Waals surface area contributed by atoms with E-state index in [9.17, 15) is 21.6 Å². The maximum Gasteiger partial charge on any atom is 0.416 e. The average molecular weight is 587 g/mol. The van der Waals surface area contributed by atoms with Crippen LogP contribution >= 0.6 is 23.2 Å². The standard InChI is InChI=1S/C27H27Cl2F3N2O3S/c1-19-16-25(24(29)18-23(19)28)38(35,36)34-12-10-33(11-13-34)14-15-37-26(20-6-3-2-4-7-20)21-8-5-9-22(17-21)27(30,31)32/h2-9,16-18,26H,10-15H2,1H3/t26-/m1/s1. The summed E-state index contributed by atoms with van der Waals surface area (Å²) in [5.74, 6) is 0. The van der Waals surface area contributed by atoms with Gasteiger partial charge in [0.15, 0.2) is 0 Å². The first-order chi connectivity index (χ1) is 18.0. The highest BCUT2D eigenvalue weighted by Gasteiger charge is 2.32. The van der Waals surface area contributed by atoms with Gasteiger partial charge in [0.1, 0.15) is 11.0 Å². The third-order valence-corrected chi connectivity index (χ3v) is 9.24. The minimum absolute atomic E-state index is 0.0321. The number of hydrogen-bond donors (Lipinski definition) is 0. The van der Waals surface area contributed by atoms with Gasteiger partial charge in [0, 0.05) is 37.7 Å². The number of sulfonamides is 1. The Balaban J connectivity index is 1.39. The molecule has 0 aliphatic carbocycles. The summed E-state index contributed by atoms with van der Waals surface area (Å²) in [6.45, 7) is 3.98. The van der Waals surface area contributed by atoms with Gasteiger partial charge in [-0.05, 0) is 47.9 Å². The van der Waals surface area contributed by atoms with E-state index in [0.717, 1.165) is 17.7 Å². The van der Waals surface area contributed by atoms with E-state index in [1.807, 2.05) is 30.3 Å². The highest BCUT2D eigenvalue weighted by Crippen LogP contribution is 2.34. The fraction of sp³-hybridized carbons (Fsp3) is 0.333. The molecule has 1 heterocycles. The van der Waals surface area contributed by atoms with Gasteiger partial charge < -0.3 is 4.74 Å². The summed E-state index contributed by atoms with van der Waals surface area (Å²) < 4.78 is 73.8. The molecule has 0 saturated carbocycles. The van der Waals surface area contributed by atoms with E-state index in [0.29, 0.717) is 35.8 Å². The van der Waals surface area contributed by atoms with Crippen molar-refractivity contribution in [2.45, 2.75) is 24.1 Å². The highest BCUT2D eigenvalue weighted by molar-refractivity contribution is 7.89. The van der Waals surface area contributed by atoms with Crippen LogP contribution in [0.1, 0.15) is 28.4 Å². The molecule has 1 fully saturated rings. The third kappa shape index (κ3) is 6.70. The van der Waals surface area contributed by atoms with Crippen LogP contribution in [-0.2, 0) is 20.9 Å². The Bertz CT molecular complexity index is 1360. The van der Waals surface area contributed by atoms with E-state index in [-0.39, 0.29) is 29.6 Å². The number of alkyl halides is 3. The number of aryl methyl sites for hydroxylation is 1. The predicted molar refractivity (Wildman–Crippen MR) is 142 cm³/mol. The summed E-state index contributed by atoms with van der Waals surface area (Å²) in [6.07, 6.45) is -5.12. The Labute approximate surface area is 230 Å². The van der Waals surface area contributed by atoms with Crippen LogP contribution < -0.4 is 0 Å². The van der Waals surface area contributed by atoms with Gasteiger partial charge in [0.25, 0.3) is 0 Å². The van der Waals surface area contributed by atoms with E-state index < -0.39 is 27.9 Å². The largest absolute Gasteiger partial charge is 0.416 e. The fourth-order valence-electron chi connectivity index (χ4n) is 4.35. The SMILES string of the molecule is Cc1cc(S(=O)(=O)N2CCN(CCO[C@H](c3ccccc3)c3cccc(C(F)(F)F)c3)CC2)c(Cl)cc1Cl. The van der Waals surface area contributed by atoms with Gasteiger partial charge in [-0.1, -0.05) is 65.7 Å². The molecule has 38 heavy (non-hydrogen) atoms. The maximum absolute atomic E-state index is 13.3. The van der Waals surface area contributed by atoms with E-state index in [2.05, 4.69) is 4.90 Å². The van der Waals surface area contributed by atoms with Crippen LogP contribution in [0.3, 0.4) is 0 Å². The molecule has 3 aromatic carbocycles. The van der Waals surface area contributed by atoms with Crippen molar-refractivity contribution in [1.82, 2.24) is 9.21 Å². The summed E-state index contributed by atoms with van der Waals surface area (Å²) in [5, 5.41) is 0.482. The second kappa shape index (κ2) is 11.9. The molecule has 1 aliphatic heterocycles. The lowest BCUT2D eigenvalue weighted by molar-refractivity contribution is -0.137. The summed E-state index contributed by atoms with van der Waals surface area (Å²) in [4.78, 5) is 2.10. The van der Waals surface area contributed by atoms with Crippen LogP contribution in [-0.4, -0.2) is 57.0 Å². The molecule has 0 radical (unpaired) electrons. The van der Waals surface area contributed by atoms with Gasteiger partial charge in [-0.25, -0.2) is 8.42 Å². The molecular formula is C27H27Cl2F3N2O3S. The smallest absolute Gasteiger partial charge is 0.367 e. The predicted octanol–water partition coefficient (Wildman–Crippen LogP) is 6.43. The molecule has 4 rings (SSSR count). The second-order valence-electron chi connectivity index (χ2n) is 9.06. The molecule has 0 aromatic heterocycles. The van der Waals surface area contributed by atoms with Crippen LogP contribution in [0.25, 0.3) is 0 Å². The Hall–Kier alpha value is -2.14. The van der Waals surface area contributed by atoms with Crippen LogP contribution in [0.5, 0.6) is 0 Å². The molecule has 0 unspecified atom stereocenters. The zero-order valence-corrected chi connectivity index (χ0v) is 22.9. The molecule has 3 aromatic rings. The number of piperazine rings is 1. The lowest BCUT2D eigenvalue weighted by Gasteiger charge is -2.34. The fourth-order valence-corrected chi connectivity index (χ4v) is 6.58. The molecule has 11 heteroatoms. The van der Waals surface area contributed by atoms with Crippen LogP contribution in [0.2, 0.25) is 10.0 Å². The number of ether oxygens (including phenoxy) is 1. The number of nitrogens with zero attached hydrogens (tertiary/aromatic N) is 2. The van der Waals surface area contributed by atoms with Crippen molar-refractivity contribution < 1.29 is 26.3 Å². The maximum atomic E-state index is 13.3. The quantitative estimate of drug-likeness (QED) is 0.305. The Morgan fingerprint density at radius 2 is 1.55 bits per heavy atom. The van der Waals surface area contributed by atoms with Gasteiger partial charge in [-0.15, -0.1) is 0 Å². The Morgan fingerprint density at radius 3 is 2.21 bits per heavy atom. The number of hydrogen-bond acceptors (Lipinski definition) is 4. The van der Waals surface area contributed by atoms with Gasteiger partial charge >= 0.3 is 6.18 Å². The van der Waals surface area contributed by atoms with E-state index in [1.54, 1.807) is 13.0 Å². The first-order valence-corrected chi connectivity index (χ1v) is 14.2. The summed E-state index contributed by atoms with van der Waals surface area (Å²) >= 11 is 12.2. The van der Waals surface area contributed by atoms with Crippen molar-refractivity contribution in [2.75, 3.05) is 39.3 Å². The van der Waals surface area contributed by atoms with Gasteiger partial charge in [0.2, 0.25) is 10.0 Å². The van der Waals surface area contributed by atoms with Gasteiger partial charge in [-0.3, -0.25) is 4.90 Å². The highest BCUT2D eigenvalue weighted by atomic mass is 35.5. The number of rotatable bonds is 8. The van der Waals surface area contributed by atoms with E-state index >= 15 is 0 Å². The van der Waals surface area contributed by atoms with Crippen molar-refractivity contribution >= 4 is 33.2 Å². The second-order valence-corrected chi connectivity index (χ2v) is 11.8. The molecule has 1 aliphatic rings. The summed E-state index contributed by atoms with van der Waals surface area (Å²) in [5.41, 5.74) is 1.06. The minimum atomic E-state index is -4.45. The molecule has 5 nitrogen and oxygen atoms in total. The molecule has 1 atom stereocenters. The molecule has 0 bridgehead atoms. The molecule has 1 saturated heterocycles. The van der Waals surface area contributed by atoms with Crippen molar-refractivity contribution in [3.8, 4) is 0 Å².